The Morgan fingerprint density at radius 1 is 1.40 bits per heavy atom. The van der Waals surface area contributed by atoms with Crippen molar-refractivity contribution in [2.75, 3.05) is 32.1 Å². The molecule has 2 atom stereocenters. The molecule has 1 N–H and O–H groups in total. The molecular formula is C17H22Cl2N2O4. The predicted molar refractivity (Wildman–Crippen MR) is 97.1 cm³/mol. The summed E-state index contributed by atoms with van der Waals surface area (Å²) in [4.78, 5) is 25.7. The zero-order chi connectivity index (χ0) is 18.4. The van der Waals surface area contributed by atoms with Crippen molar-refractivity contribution < 1.29 is 19.1 Å². The van der Waals surface area contributed by atoms with Crippen molar-refractivity contribution in [2.45, 2.75) is 32.0 Å². The Hall–Kier alpha value is -1.34. The van der Waals surface area contributed by atoms with Crippen LogP contribution < -0.4 is 5.32 Å². The first-order valence-corrected chi connectivity index (χ1v) is 8.86. The highest BCUT2D eigenvalue weighted by atomic mass is 35.5. The number of nitrogens with one attached hydrogen (secondary N) is 1. The molecule has 8 heteroatoms. The number of ether oxygens (including phenoxy) is 2. The van der Waals surface area contributed by atoms with Crippen LogP contribution in [0.2, 0.25) is 10.0 Å². The Morgan fingerprint density at radius 3 is 2.68 bits per heavy atom. The van der Waals surface area contributed by atoms with Crippen LogP contribution in [0.25, 0.3) is 0 Å². The largest absolute Gasteiger partial charge is 0.376 e. The number of carbonyl (C=O) groups excluding carboxylic acids is 2. The van der Waals surface area contributed by atoms with Gasteiger partial charge in [-0.15, -0.1) is 0 Å². The van der Waals surface area contributed by atoms with Crippen LogP contribution in [0, 0.1) is 0 Å². The Labute approximate surface area is 157 Å². The van der Waals surface area contributed by atoms with E-state index in [2.05, 4.69) is 5.32 Å². The molecule has 1 aromatic carbocycles. The molecule has 0 saturated carbocycles. The van der Waals surface area contributed by atoms with Crippen molar-refractivity contribution in [3.05, 3.63) is 28.2 Å². The minimum atomic E-state index is -0.647. The second-order valence-corrected chi connectivity index (χ2v) is 6.76. The lowest BCUT2D eigenvalue weighted by molar-refractivity contribution is -0.145. The molecule has 1 fully saturated rings. The van der Waals surface area contributed by atoms with Gasteiger partial charge >= 0.3 is 0 Å². The molecule has 1 saturated heterocycles. The van der Waals surface area contributed by atoms with Gasteiger partial charge in [0.1, 0.15) is 6.10 Å². The summed E-state index contributed by atoms with van der Waals surface area (Å²) in [5.74, 6) is -0.671. The van der Waals surface area contributed by atoms with Gasteiger partial charge in [0.15, 0.2) is 0 Å². The fourth-order valence-corrected chi connectivity index (χ4v) is 2.99. The minimum Gasteiger partial charge on any atom is -0.376 e. The molecular weight excluding hydrogens is 367 g/mol. The number of para-hydroxylation sites is 1. The maximum Gasteiger partial charge on any atom is 0.251 e. The van der Waals surface area contributed by atoms with E-state index in [1.54, 1.807) is 32.2 Å². The number of likely N-dealkylation sites (N-methyl/N-ethyl adjacent to an activating group) is 1. The van der Waals surface area contributed by atoms with E-state index in [1.165, 1.54) is 4.90 Å². The minimum absolute atomic E-state index is 0.0474. The summed E-state index contributed by atoms with van der Waals surface area (Å²) in [7, 11) is 1.54. The maximum atomic E-state index is 12.3. The zero-order valence-electron chi connectivity index (χ0n) is 14.3. The highest BCUT2D eigenvalue weighted by molar-refractivity contribution is 6.39. The lowest BCUT2D eigenvalue weighted by Gasteiger charge is -2.22. The van der Waals surface area contributed by atoms with Gasteiger partial charge in [-0.05, 0) is 31.9 Å². The fraction of sp³-hybridized carbons (Fsp3) is 0.529. The van der Waals surface area contributed by atoms with Crippen LogP contribution >= 0.6 is 23.2 Å². The van der Waals surface area contributed by atoms with Crippen LogP contribution in [0.4, 0.5) is 5.69 Å². The van der Waals surface area contributed by atoms with Crippen LogP contribution in [-0.4, -0.2) is 55.7 Å². The monoisotopic (exact) mass is 388 g/mol. The summed E-state index contributed by atoms with van der Waals surface area (Å²) in [5.41, 5.74) is 0.333. The van der Waals surface area contributed by atoms with Gasteiger partial charge < -0.3 is 19.7 Å². The van der Waals surface area contributed by atoms with Crippen LogP contribution in [0.15, 0.2) is 18.2 Å². The molecule has 0 radical (unpaired) electrons. The molecule has 0 aliphatic carbocycles. The average Bonchev–Trinajstić information content (AvgIpc) is 3.08. The molecule has 2 rings (SSSR count). The van der Waals surface area contributed by atoms with E-state index in [9.17, 15) is 9.59 Å². The molecule has 0 spiro atoms. The average molecular weight is 389 g/mol. The van der Waals surface area contributed by atoms with Gasteiger partial charge in [0.25, 0.3) is 5.91 Å². The van der Waals surface area contributed by atoms with Gasteiger partial charge in [-0.25, -0.2) is 0 Å². The third-order valence-corrected chi connectivity index (χ3v) is 4.52. The summed E-state index contributed by atoms with van der Waals surface area (Å²) < 4.78 is 11.0. The molecule has 0 bridgehead atoms. The molecule has 2 amide bonds. The van der Waals surface area contributed by atoms with Crippen LogP contribution in [0.1, 0.15) is 19.8 Å². The molecule has 1 aromatic rings. The molecule has 25 heavy (non-hydrogen) atoms. The van der Waals surface area contributed by atoms with E-state index in [0.717, 1.165) is 19.4 Å². The number of anilines is 1. The van der Waals surface area contributed by atoms with Crippen LogP contribution in [-0.2, 0) is 19.1 Å². The number of nitrogens with zero attached hydrogens (tertiary/aromatic N) is 1. The number of benzene rings is 1. The molecule has 1 aliphatic rings. The molecule has 1 aliphatic heterocycles. The first-order valence-electron chi connectivity index (χ1n) is 8.10. The Morgan fingerprint density at radius 2 is 2.08 bits per heavy atom. The number of carbonyl (C=O) groups is 2. The van der Waals surface area contributed by atoms with Crippen molar-refractivity contribution >= 4 is 40.7 Å². The van der Waals surface area contributed by atoms with Gasteiger partial charge in [-0.3, -0.25) is 9.59 Å². The van der Waals surface area contributed by atoms with Crippen molar-refractivity contribution in [2.24, 2.45) is 0 Å². The summed E-state index contributed by atoms with van der Waals surface area (Å²) in [6, 6.07) is 4.93. The molecule has 1 heterocycles. The second kappa shape index (κ2) is 9.38. The van der Waals surface area contributed by atoms with Crippen molar-refractivity contribution in [1.29, 1.82) is 0 Å². The third kappa shape index (κ3) is 5.85. The van der Waals surface area contributed by atoms with Crippen LogP contribution in [0.3, 0.4) is 0 Å². The normalized spacial score (nSPS) is 18.0. The Kier molecular flexibility index (Phi) is 7.50. The van der Waals surface area contributed by atoms with E-state index < -0.39 is 12.0 Å². The molecule has 2 unspecified atom stereocenters. The van der Waals surface area contributed by atoms with Crippen molar-refractivity contribution in [1.82, 2.24) is 4.90 Å². The predicted octanol–water partition coefficient (Wildman–Crippen LogP) is 2.97. The SMILES string of the molecule is CC(OCC1CCCO1)C(=O)N(C)CC(=O)Nc1c(Cl)cccc1Cl. The summed E-state index contributed by atoms with van der Waals surface area (Å²) in [6.07, 6.45) is 1.36. The number of hydrogen-bond donors (Lipinski definition) is 1. The van der Waals surface area contributed by atoms with Crippen molar-refractivity contribution in [3.63, 3.8) is 0 Å². The lowest BCUT2D eigenvalue weighted by Crippen LogP contribution is -2.41. The van der Waals surface area contributed by atoms with Gasteiger partial charge in [-0.1, -0.05) is 29.3 Å². The van der Waals surface area contributed by atoms with E-state index >= 15 is 0 Å². The lowest BCUT2D eigenvalue weighted by atomic mass is 10.2. The maximum absolute atomic E-state index is 12.3. The highest BCUT2D eigenvalue weighted by Gasteiger charge is 2.23. The molecule has 0 aromatic heterocycles. The Bertz CT molecular complexity index is 600. The summed E-state index contributed by atoms with van der Waals surface area (Å²) >= 11 is 12.0. The van der Waals surface area contributed by atoms with E-state index in [4.69, 9.17) is 32.7 Å². The summed E-state index contributed by atoms with van der Waals surface area (Å²) in [6.45, 7) is 2.65. The number of amides is 2. The third-order valence-electron chi connectivity index (χ3n) is 3.89. The zero-order valence-corrected chi connectivity index (χ0v) is 15.8. The van der Waals surface area contributed by atoms with Crippen LogP contribution in [0.5, 0.6) is 0 Å². The van der Waals surface area contributed by atoms with Gasteiger partial charge in [0, 0.05) is 13.7 Å². The van der Waals surface area contributed by atoms with Gasteiger partial charge in [0.05, 0.1) is 35.0 Å². The van der Waals surface area contributed by atoms with Crippen molar-refractivity contribution in [3.8, 4) is 0 Å². The molecule has 138 valence electrons. The van der Waals surface area contributed by atoms with E-state index in [0.29, 0.717) is 22.3 Å². The van der Waals surface area contributed by atoms with E-state index in [1.807, 2.05) is 0 Å². The standard InChI is InChI=1S/C17H22Cl2N2O4/c1-11(25-10-12-5-4-8-24-12)17(23)21(2)9-15(22)20-16-13(18)6-3-7-14(16)19/h3,6-7,11-12H,4-5,8-10H2,1-2H3,(H,20,22). The number of halogens is 2. The van der Waals surface area contributed by atoms with Gasteiger partial charge in [0.2, 0.25) is 5.91 Å². The fourth-order valence-electron chi connectivity index (χ4n) is 2.50. The molecule has 6 nitrogen and oxygen atoms in total. The smallest absolute Gasteiger partial charge is 0.251 e. The topological polar surface area (TPSA) is 67.9 Å². The summed E-state index contributed by atoms with van der Waals surface area (Å²) in [5, 5.41) is 3.29. The van der Waals surface area contributed by atoms with E-state index in [-0.39, 0.29) is 18.6 Å². The first-order chi connectivity index (χ1) is 11.9. The number of rotatable bonds is 7. The number of hydrogen-bond acceptors (Lipinski definition) is 4. The quantitative estimate of drug-likeness (QED) is 0.779. The Balaban J connectivity index is 1.81. The first kappa shape index (κ1) is 20.0. The highest BCUT2D eigenvalue weighted by Crippen LogP contribution is 2.29. The second-order valence-electron chi connectivity index (χ2n) is 5.95. The van der Waals surface area contributed by atoms with Gasteiger partial charge in [-0.2, -0.15) is 0 Å².